The van der Waals surface area contributed by atoms with Crippen LogP contribution in [0.25, 0.3) is 0 Å². The van der Waals surface area contributed by atoms with Crippen LogP contribution in [0.1, 0.15) is 44.4 Å². The van der Waals surface area contributed by atoms with E-state index in [2.05, 4.69) is 31.4 Å². The maximum absolute atomic E-state index is 11.7. The van der Waals surface area contributed by atoms with Crippen LogP contribution in [0.4, 0.5) is 0 Å². The fraction of sp³-hybridized carbons (Fsp3) is 0.615. The molecule has 0 radical (unpaired) electrons. The highest BCUT2D eigenvalue weighted by Gasteiger charge is 2.10. The molecule has 1 heterocycles. The summed E-state index contributed by atoms with van der Waals surface area (Å²) in [4.78, 5) is 13.1. The minimum absolute atomic E-state index is 0.262. The van der Waals surface area contributed by atoms with Crippen molar-refractivity contribution < 1.29 is 4.79 Å². The van der Waals surface area contributed by atoms with Crippen molar-refractivity contribution in [1.82, 2.24) is 0 Å². The van der Waals surface area contributed by atoms with Crippen LogP contribution in [0.2, 0.25) is 0 Å². The number of carbonyl (C=O) groups excluding carboxylic acids is 1. The van der Waals surface area contributed by atoms with E-state index in [-0.39, 0.29) is 5.92 Å². The van der Waals surface area contributed by atoms with Gasteiger partial charge in [0.05, 0.1) is 0 Å². The Balaban J connectivity index is 2.17. The number of thiophene rings is 1. The second-order valence-corrected chi connectivity index (χ2v) is 5.12. The summed E-state index contributed by atoms with van der Waals surface area (Å²) >= 11 is 1.78. The zero-order valence-corrected chi connectivity index (χ0v) is 10.5. The topological polar surface area (TPSA) is 17.1 Å². The van der Waals surface area contributed by atoms with Crippen LogP contribution in [0.3, 0.4) is 0 Å². The average molecular weight is 224 g/mol. The van der Waals surface area contributed by atoms with Crippen LogP contribution >= 0.6 is 11.3 Å². The number of Topliss-reactive ketones (excluding diaryl/α,β-unsaturated/α-hetero) is 1. The summed E-state index contributed by atoms with van der Waals surface area (Å²) in [7, 11) is 0. The normalized spacial score (nSPS) is 12.7. The molecule has 1 aromatic heterocycles. The summed E-state index contributed by atoms with van der Waals surface area (Å²) < 4.78 is 0. The van der Waals surface area contributed by atoms with Gasteiger partial charge in [0, 0.05) is 17.2 Å². The number of carbonyl (C=O) groups is 1. The maximum Gasteiger partial charge on any atom is 0.135 e. The van der Waals surface area contributed by atoms with Gasteiger partial charge in [-0.2, -0.15) is 0 Å². The molecule has 0 aliphatic carbocycles. The minimum Gasteiger partial charge on any atom is -0.299 e. The molecule has 0 spiro atoms. The SMILES string of the molecule is CCCC(C)C(=O)CCCc1cccs1. The van der Waals surface area contributed by atoms with E-state index in [0.717, 1.165) is 32.1 Å². The molecule has 1 atom stereocenters. The minimum atomic E-state index is 0.262. The standard InChI is InChI=1S/C13H20OS/c1-3-6-11(2)13(14)9-4-7-12-8-5-10-15-12/h5,8,10-11H,3-4,6-7,9H2,1-2H3. The smallest absolute Gasteiger partial charge is 0.135 e. The summed E-state index contributed by atoms with van der Waals surface area (Å²) in [6, 6.07) is 4.21. The van der Waals surface area contributed by atoms with Gasteiger partial charge in [-0.3, -0.25) is 4.79 Å². The Kier molecular flexibility index (Phi) is 5.62. The Morgan fingerprint density at radius 2 is 2.33 bits per heavy atom. The molecule has 0 bridgehead atoms. The Morgan fingerprint density at radius 1 is 1.53 bits per heavy atom. The van der Waals surface area contributed by atoms with Gasteiger partial charge >= 0.3 is 0 Å². The lowest BCUT2D eigenvalue weighted by Crippen LogP contribution is -2.10. The van der Waals surface area contributed by atoms with Crippen molar-refractivity contribution in [3.8, 4) is 0 Å². The first-order chi connectivity index (χ1) is 7.24. The third-order valence-electron chi connectivity index (χ3n) is 2.70. The van der Waals surface area contributed by atoms with E-state index >= 15 is 0 Å². The second-order valence-electron chi connectivity index (χ2n) is 4.09. The van der Waals surface area contributed by atoms with Gasteiger partial charge in [0.15, 0.2) is 0 Å². The highest BCUT2D eigenvalue weighted by molar-refractivity contribution is 7.09. The maximum atomic E-state index is 11.7. The first kappa shape index (κ1) is 12.4. The largest absolute Gasteiger partial charge is 0.299 e. The van der Waals surface area contributed by atoms with Gasteiger partial charge in [0.25, 0.3) is 0 Å². The van der Waals surface area contributed by atoms with Crippen molar-refractivity contribution in [3.63, 3.8) is 0 Å². The van der Waals surface area contributed by atoms with Crippen molar-refractivity contribution in [2.24, 2.45) is 5.92 Å². The van der Waals surface area contributed by atoms with E-state index in [9.17, 15) is 4.79 Å². The van der Waals surface area contributed by atoms with Crippen molar-refractivity contribution in [1.29, 1.82) is 0 Å². The molecule has 84 valence electrons. The molecule has 1 rings (SSSR count). The highest BCUT2D eigenvalue weighted by Crippen LogP contribution is 2.15. The van der Waals surface area contributed by atoms with E-state index in [1.807, 2.05) is 0 Å². The molecule has 0 saturated carbocycles. The Labute approximate surface area is 96.5 Å². The van der Waals surface area contributed by atoms with Crippen LogP contribution in [-0.4, -0.2) is 5.78 Å². The molecule has 1 unspecified atom stereocenters. The Hall–Kier alpha value is -0.630. The molecule has 0 aliphatic heterocycles. The van der Waals surface area contributed by atoms with E-state index in [1.54, 1.807) is 11.3 Å². The monoisotopic (exact) mass is 224 g/mol. The van der Waals surface area contributed by atoms with Gasteiger partial charge < -0.3 is 0 Å². The summed E-state index contributed by atoms with van der Waals surface area (Å²) in [5.74, 6) is 0.701. The molecule has 0 aliphatic rings. The van der Waals surface area contributed by atoms with Gasteiger partial charge in [0.1, 0.15) is 5.78 Å². The first-order valence-electron chi connectivity index (χ1n) is 5.79. The van der Waals surface area contributed by atoms with E-state index in [1.165, 1.54) is 4.88 Å². The van der Waals surface area contributed by atoms with Gasteiger partial charge in [0.2, 0.25) is 0 Å². The molecule has 1 nitrogen and oxygen atoms in total. The second kappa shape index (κ2) is 6.78. The molecule has 15 heavy (non-hydrogen) atoms. The Bertz CT molecular complexity index is 277. The predicted molar refractivity (Wildman–Crippen MR) is 66.3 cm³/mol. The van der Waals surface area contributed by atoms with Crippen LogP contribution in [0.5, 0.6) is 0 Å². The van der Waals surface area contributed by atoms with Gasteiger partial charge in [-0.15, -0.1) is 11.3 Å². The van der Waals surface area contributed by atoms with Crippen LogP contribution < -0.4 is 0 Å². The van der Waals surface area contributed by atoms with Gasteiger partial charge in [-0.25, -0.2) is 0 Å². The third-order valence-corrected chi connectivity index (χ3v) is 3.63. The summed E-state index contributed by atoms with van der Waals surface area (Å²) in [6.07, 6.45) is 4.96. The molecule has 0 saturated heterocycles. The van der Waals surface area contributed by atoms with Gasteiger partial charge in [-0.1, -0.05) is 26.3 Å². The number of hydrogen-bond acceptors (Lipinski definition) is 2. The summed E-state index contributed by atoms with van der Waals surface area (Å²) in [6.45, 7) is 4.19. The third kappa shape index (κ3) is 4.61. The van der Waals surface area contributed by atoms with E-state index < -0.39 is 0 Å². The van der Waals surface area contributed by atoms with Crippen LogP contribution in [0, 0.1) is 5.92 Å². The van der Waals surface area contributed by atoms with E-state index in [0.29, 0.717) is 5.78 Å². The molecule has 0 N–H and O–H groups in total. The fourth-order valence-electron chi connectivity index (χ4n) is 1.73. The zero-order valence-electron chi connectivity index (χ0n) is 9.66. The van der Waals surface area contributed by atoms with Gasteiger partial charge in [-0.05, 0) is 30.7 Å². The number of rotatable bonds is 7. The van der Waals surface area contributed by atoms with Crippen molar-refractivity contribution in [2.75, 3.05) is 0 Å². The molecule has 0 amide bonds. The summed E-state index contributed by atoms with van der Waals surface area (Å²) in [5.41, 5.74) is 0. The van der Waals surface area contributed by atoms with E-state index in [4.69, 9.17) is 0 Å². The quantitative estimate of drug-likeness (QED) is 0.682. The number of aryl methyl sites for hydroxylation is 1. The molecule has 1 aromatic rings. The number of ketones is 1. The fourth-order valence-corrected chi connectivity index (χ4v) is 2.48. The lowest BCUT2D eigenvalue weighted by atomic mass is 9.97. The summed E-state index contributed by atoms with van der Waals surface area (Å²) in [5, 5.41) is 2.09. The van der Waals surface area contributed by atoms with Crippen molar-refractivity contribution in [2.45, 2.75) is 46.0 Å². The van der Waals surface area contributed by atoms with Crippen LogP contribution in [0.15, 0.2) is 17.5 Å². The van der Waals surface area contributed by atoms with Crippen molar-refractivity contribution >= 4 is 17.1 Å². The number of hydrogen-bond donors (Lipinski definition) is 0. The predicted octanol–water partition coefficient (Wildman–Crippen LogP) is 4.08. The highest BCUT2D eigenvalue weighted by atomic mass is 32.1. The van der Waals surface area contributed by atoms with Crippen molar-refractivity contribution in [3.05, 3.63) is 22.4 Å². The Morgan fingerprint density at radius 3 is 2.93 bits per heavy atom. The lowest BCUT2D eigenvalue weighted by Gasteiger charge is -2.07. The van der Waals surface area contributed by atoms with Crippen LogP contribution in [-0.2, 0) is 11.2 Å². The zero-order chi connectivity index (χ0) is 11.1. The molecule has 0 aromatic carbocycles. The molecular formula is C13H20OS. The molecule has 2 heteroatoms. The molecular weight excluding hydrogens is 204 g/mol. The first-order valence-corrected chi connectivity index (χ1v) is 6.67. The molecule has 0 fully saturated rings. The lowest BCUT2D eigenvalue weighted by molar-refractivity contribution is -0.122. The average Bonchev–Trinajstić information content (AvgIpc) is 2.71.